The smallest absolute Gasteiger partial charge is 0.141 e. The summed E-state index contributed by atoms with van der Waals surface area (Å²) in [7, 11) is 0. The molecule has 0 atom stereocenters. The quantitative estimate of drug-likeness (QED) is 0.720. The second-order valence-electron chi connectivity index (χ2n) is 3.36. The molecule has 16 heavy (non-hydrogen) atoms. The molecule has 0 fully saturated rings. The Hall–Kier alpha value is -1.69. The van der Waals surface area contributed by atoms with Crippen LogP contribution in [0, 0.1) is 5.82 Å². The van der Waals surface area contributed by atoms with E-state index in [2.05, 4.69) is 36.1 Å². The van der Waals surface area contributed by atoms with Crippen molar-refractivity contribution in [2.75, 3.05) is 0 Å². The third kappa shape index (κ3) is 1.42. The molecule has 0 saturated heterocycles. The van der Waals surface area contributed by atoms with E-state index in [1.807, 2.05) is 0 Å². The van der Waals surface area contributed by atoms with Crippen LogP contribution in [0.2, 0.25) is 0 Å². The molecule has 0 amide bonds. The maximum atomic E-state index is 13.3. The van der Waals surface area contributed by atoms with Crippen molar-refractivity contribution in [2.45, 2.75) is 0 Å². The number of nitrogens with one attached hydrogen (secondary N) is 2. The molecule has 2 heterocycles. The van der Waals surface area contributed by atoms with Crippen molar-refractivity contribution in [3.63, 3.8) is 0 Å². The molecule has 0 saturated carbocycles. The van der Waals surface area contributed by atoms with E-state index in [1.54, 1.807) is 18.5 Å². The standard InChI is InChI=1S/C10H6BrFN4/c11-6-1-8-9(2-7(6)12)16-10(15-8)5-3-13-14-4-5/h1-4H,(H,13,14)(H,15,16). The fraction of sp³-hybridized carbons (Fsp3) is 0. The average Bonchev–Trinajstić information content (AvgIpc) is 2.86. The minimum Gasteiger partial charge on any atom is -0.338 e. The Bertz CT molecular complexity index is 605. The second kappa shape index (κ2) is 3.41. The zero-order valence-electron chi connectivity index (χ0n) is 7.96. The molecule has 3 rings (SSSR count). The number of nitrogens with zero attached hydrogens (tertiary/aromatic N) is 2. The lowest BCUT2D eigenvalue weighted by Gasteiger charge is -1.92. The van der Waals surface area contributed by atoms with Gasteiger partial charge in [0.2, 0.25) is 0 Å². The van der Waals surface area contributed by atoms with Crippen molar-refractivity contribution >= 4 is 27.0 Å². The molecular formula is C10H6BrFN4. The molecule has 0 aliphatic carbocycles. The largest absolute Gasteiger partial charge is 0.338 e. The summed E-state index contributed by atoms with van der Waals surface area (Å²) in [6.07, 6.45) is 3.38. The minimum atomic E-state index is -0.310. The van der Waals surface area contributed by atoms with Gasteiger partial charge in [-0.05, 0) is 22.0 Å². The molecule has 0 radical (unpaired) electrons. The lowest BCUT2D eigenvalue weighted by molar-refractivity contribution is 0.623. The summed E-state index contributed by atoms with van der Waals surface area (Å²) in [5, 5.41) is 6.54. The highest BCUT2D eigenvalue weighted by molar-refractivity contribution is 9.10. The van der Waals surface area contributed by atoms with Gasteiger partial charge in [-0.1, -0.05) is 0 Å². The highest BCUT2D eigenvalue weighted by Gasteiger charge is 2.09. The first-order chi connectivity index (χ1) is 7.74. The summed E-state index contributed by atoms with van der Waals surface area (Å²) in [5.41, 5.74) is 2.22. The molecule has 0 spiro atoms. The molecule has 2 N–H and O–H groups in total. The maximum absolute atomic E-state index is 13.3. The molecule has 4 nitrogen and oxygen atoms in total. The highest BCUT2D eigenvalue weighted by Crippen LogP contribution is 2.24. The lowest BCUT2D eigenvalue weighted by Crippen LogP contribution is -1.77. The van der Waals surface area contributed by atoms with Crippen molar-refractivity contribution in [3.8, 4) is 11.4 Å². The van der Waals surface area contributed by atoms with Gasteiger partial charge < -0.3 is 4.98 Å². The topological polar surface area (TPSA) is 57.4 Å². The van der Waals surface area contributed by atoms with Gasteiger partial charge in [-0.25, -0.2) is 9.37 Å². The summed E-state index contributed by atoms with van der Waals surface area (Å²) in [6.45, 7) is 0. The van der Waals surface area contributed by atoms with Crippen molar-refractivity contribution < 1.29 is 4.39 Å². The zero-order valence-corrected chi connectivity index (χ0v) is 9.55. The molecule has 6 heteroatoms. The van der Waals surface area contributed by atoms with Crippen LogP contribution in [-0.2, 0) is 0 Å². The van der Waals surface area contributed by atoms with Gasteiger partial charge in [0.1, 0.15) is 11.6 Å². The Morgan fingerprint density at radius 3 is 2.94 bits per heavy atom. The number of hydrogen-bond donors (Lipinski definition) is 2. The number of H-pyrrole nitrogens is 2. The predicted molar refractivity (Wildman–Crippen MR) is 61.3 cm³/mol. The first kappa shape index (κ1) is 9.53. The highest BCUT2D eigenvalue weighted by atomic mass is 79.9. The SMILES string of the molecule is Fc1cc2[nH]c(-c3cn[nH]c3)nc2cc1Br. The van der Waals surface area contributed by atoms with Crippen LogP contribution in [0.4, 0.5) is 4.39 Å². The number of aromatic nitrogens is 4. The fourth-order valence-electron chi connectivity index (χ4n) is 1.52. The van der Waals surface area contributed by atoms with Crippen molar-refractivity contribution in [2.24, 2.45) is 0 Å². The molecule has 0 unspecified atom stereocenters. The molecule has 0 aliphatic heterocycles. The maximum Gasteiger partial charge on any atom is 0.141 e. The summed E-state index contributed by atoms with van der Waals surface area (Å²) in [4.78, 5) is 7.38. The number of imidazole rings is 1. The van der Waals surface area contributed by atoms with Gasteiger partial charge in [0, 0.05) is 12.3 Å². The van der Waals surface area contributed by atoms with E-state index in [-0.39, 0.29) is 5.82 Å². The Morgan fingerprint density at radius 1 is 1.31 bits per heavy atom. The van der Waals surface area contributed by atoms with Gasteiger partial charge in [-0.3, -0.25) is 5.10 Å². The van der Waals surface area contributed by atoms with E-state index in [1.165, 1.54) is 6.07 Å². The Balaban J connectivity index is 2.23. The first-order valence-corrected chi connectivity index (χ1v) is 5.37. The fourth-order valence-corrected chi connectivity index (χ4v) is 1.85. The number of fused-ring (bicyclic) bond motifs is 1. The van der Waals surface area contributed by atoms with Crippen molar-refractivity contribution in [1.82, 2.24) is 20.2 Å². The Kier molecular flexibility index (Phi) is 2.03. The molecule has 0 bridgehead atoms. The normalized spacial score (nSPS) is 11.1. The van der Waals surface area contributed by atoms with Crippen LogP contribution in [0.3, 0.4) is 0 Å². The van der Waals surface area contributed by atoms with Crippen LogP contribution >= 0.6 is 15.9 Å². The zero-order chi connectivity index (χ0) is 11.1. The van der Waals surface area contributed by atoms with Crippen molar-refractivity contribution in [3.05, 3.63) is 34.8 Å². The van der Waals surface area contributed by atoms with E-state index < -0.39 is 0 Å². The van der Waals surface area contributed by atoms with Gasteiger partial charge in [-0.2, -0.15) is 5.10 Å². The number of benzene rings is 1. The third-order valence-electron chi connectivity index (χ3n) is 2.30. The van der Waals surface area contributed by atoms with Crippen LogP contribution in [0.5, 0.6) is 0 Å². The van der Waals surface area contributed by atoms with Crippen LogP contribution in [0.1, 0.15) is 0 Å². The van der Waals surface area contributed by atoms with Crippen LogP contribution < -0.4 is 0 Å². The van der Waals surface area contributed by atoms with Gasteiger partial charge in [0.25, 0.3) is 0 Å². The summed E-state index contributed by atoms with van der Waals surface area (Å²) < 4.78 is 13.7. The Labute approximate surface area is 98.0 Å². The summed E-state index contributed by atoms with van der Waals surface area (Å²) in [6, 6.07) is 3.06. The summed E-state index contributed by atoms with van der Waals surface area (Å²) >= 11 is 3.13. The number of aromatic amines is 2. The summed E-state index contributed by atoms with van der Waals surface area (Å²) in [5.74, 6) is 0.358. The molecule has 80 valence electrons. The monoisotopic (exact) mass is 280 g/mol. The number of halogens is 2. The molecule has 2 aromatic heterocycles. The van der Waals surface area contributed by atoms with E-state index >= 15 is 0 Å². The molecule has 3 aromatic rings. The number of hydrogen-bond acceptors (Lipinski definition) is 2. The predicted octanol–water partition coefficient (Wildman–Crippen LogP) is 2.85. The minimum absolute atomic E-state index is 0.310. The van der Waals surface area contributed by atoms with Crippen LogP contribution in [0.25, 0.3) is 22.4 Å². The van der Waals surface area contributed by atoms with Gasteiger partial charge in [0.15, 0.2) is 0 Å². The molecule has 1 aromatic carbocycles. The van der Waals surface area contributed by atoms with Gasteiger partial charge in [-0.15, -0.1) is 0 Å². The van der Waals surface area contributed by atoms with E-state index in [9.17, 15) is 4.39 Å². The van der Waals surface area contributed by atoms with Gasteiger partial charge in [0.05, 0.1) is 27.3 Å². The number of rotatable bonds is 1. The third-order valence-corrected chi connectivity index (χ3v) is 2.90. The first-order valence-electron chi connectivity index (χ1n) is 4.58. The van der Waals surface area contributed by atoms with E-state index in [0.29, 0.717) is 21.3 Å². The van der Waals surface area contributed by atoms with Crippen LogP contribution in [-0.4, -0.2) is 20.2 Å². The lowest BCUT2D eigenvalue weighted by atomic mass is 10.3. The van der Waals surface area contributed by atoms with E-state index in [0.717, 1.165) is 5.56 Å². The van der Waals surface area contributed by atoms with Gasteiger partial charge >= 0.3 is 0 Å². The molecule has 0 aliphatic rings. The van der Waals surface area contributed by atoms with Crippen LogP contribution in [0.15, 0.2) is 29.0 Å². The Morgan fingerprint density at radius 2 is 2.19 bits per heavy atom. The van der Waals surface area contributed by atoms with E-state index in [4.69, 9.17) is 0 Å². The average molecular weight is 281 g/mol. The second-order valence-corrected chi connectivity index (χ2v) is 4.21. The molecular weight excluding hydrogens is 275 g/mol. The van der Waals surface area contributed by atoms with Crippen molar-refractivity contribution in [1.29, 1.82) is 0 Å².